The van der Waals surface area contributed by atoms with Crippen LogP contribution in [-0.2, 0) is 4.79 Å². The zero-order valence-electron chi connectivity index (χ0n) is 11.8. The summed E-state index contributed by atoms with van der Waals surface area (Å²) in [5.41, 5.74) is 1.79. The molecular formula is C16H15N3O2S. The third-order valence-electron chi connectivity index (χ3n) is 3.42. The summed E-state index contributed by atoms with van der Waals surface area (Å²) in [6, 6.07) is 10.4. The molecule has 6 heteroatoms. The van der Waals surface area contributed by atoms with Gasteiger partial charge in [-0.15, -0.1) is 0 Å². The largest absolute Gasteiger partial charge is 0.352 e. The van der Waals surface area contributed by atoms with Gasteiger partial charge in [-0.2, -0.15) is 0 Å². The monoisotopic (exact) mass is 313 g/mol. The van der Waals surface area contributed by atoms with Crippen molar-refractivity contribution < 1.29 is 9.59 Å². The van der Waals surface area contributed by atoms with Crippen LogP contribution >= 0.6 is 12.2 Å². The molecule has 0 radical (unpaired) electrons. The molecule has 0 spiro atoms. The zero-order valence-corrected chi connectivity index (χ0v) is 12.6. The number of amides is 2. The van der Waals surface area contributed by atoms with Gasteiger partial charge in [0, 0.05) is 23.5 Å². The zero-order chi connectivity index (χ0) is 15.5. The molecule has 1 aromatic carbocycles. The molecule has 5 nitrogen and oxygen atoms in total. The molecule has 3 rings (SSSR count). The van der Waals surface area contributed by atoms with Crippen LogP contribution in [0.25, 0.3) is 0 Å². The molecule has 0 unspecified atom stereocenters. The minimum atomic E-state index is -0.267. The molecular weight excluding hydrogens is 298 g/mol. The first kappa shape index (κ1) is 14.5. The van der Waals surface area contributed by atoms with Gasteiger partial charge in [0.15, 0.2) is 0 Å². The Bertz CT molecular complexity index is 763. The van der Waals surface area contributed by atoms with E-state index in [1.165, 1.54) is 0 Å². The van der Waals surface area contributed by atoms with Gasteiger partial charge >= 0.3 is 0 Å². The van der Waals surface area contributed by atoms with E-state index in [4.69, 9.17) is 12.2 Å². The highest BCUT2D eigenvalue weighted by Gasteiger charge is 2.29. The Hall–Kier alpha value is -2.47. The van der Waals surface area contributed by atoms with Gasteiger partial charge in [0.25, 0.3) is 5.91 Å². The normalized spacial score (nSPS) is 13.5. The Morgan fingerprint density at radius 1 is 1.05 bits per heavy atom. The first-order valence-electron chi connectivity index (χ1n) is 7.03. The lowest BCUT2D eigenvalue weighted by Crippen LogP contribution is -2.14. The summed E-state index contributed by atoms with van der Waals surface area (Å²) in [4.78, 5) is 26.6. The summed E-state index contributed by atoms with van der Waals surface area (Å²) in [6.45, 7) is 0. The number of carbonyl (C=O) groups excluding carboxylic acids is 2. The summed E-state index contributed by atoms with van der Waals surface area (Å²) in [7, 11) is 0. The van der Waals surface area contributed by atoms with Gasteiger partial charge in [0.2, 0.25) is 5.91 Å². The van der Waals surface area contributed by atoms with E-state index >= 15 is 0 Å². The summed E-state index contributed by atoms with van der Waals surface area (Å²) in [5, 5.41) is 5.63. The average Bonchev–Trinajstić information content (AvgIpc) is 3.34. The van der Waals surface area contributed by atoms with Crippen molar-refractivity contribution in [3.05, 3.63) is 52.8 Å². The van der Waals surface area contributed by atoms with Crippen LogP contribution < -0.4 is 10.6 Å². The molecule has 1 heterocycles. The van der Waals surface area contributed by atoms with E-state index < -0.39 is 0 Å². The first-order valence-corrected chi connectivity index (χ1v) is 7.44. The van der Waals surface area contributed by atoms with Crippen LogP contribution in [0.1, 0.15) is 23.2 Å². The number of benzene rings is 1. The van der Waals surface area contributed by atoms with E-state index in [0.29, 0.717) is 15.9 Å². The van der Waals surface area contributed by atoms with Crippen LogP contribution in [0.5, 0.6) is 0 Å². The van der Waals surface area contributed by atoms with E-state index in [1.54, 1.807) is 42.6 Å². The molecule has 1 saturated carbocycles. The summed E-state index contributed by atoms with van der Waals surface area (Å²) < 4.78 is 0.397. The predicted molar refractivity (Wildman–Crippen MR) is 87.4 cm³/mol. The second-order valence-corrected chi connectivity index (χ2v) is 5.62. The molecule has 0 bridgehead atoms. The van der Waals surface area contributed by atoms with Crippen LogP contribution in [0.2, 0.25) is 0 Å². The number of aromatic amines is 1. The van der Waals surface area contributed by atoms with E-state index in [1.807, 2.05) is 0 Å². The fourth-order valence-electron chi connectivity index (χ4n) is 2.03. The highest BCUT2D eigenvalue weighted by atomic mass is 32.1. The number of nitrogens with one attached hydrogen (secondary N) is 3. The number of rotatable bonds is 4. The number of hydrogen-bond donors (Lipinski definition) is 3. The number of carbonyl (C=O) groups is 2. The number of pyridine rings is 1. The molecule has 0 saturated heterocycles. The minimum Gasteiger partial charge on any atom is -0.352 e. The standard InChI is InChI=1S/C16H15N3O2S/c20-14(10-3-4-10)18-11-5-7-12(8-6-11)19-15(21)13-2-1-9-17-16(13)22/h1-2,5-10H,3-4H2,(H,17,22)(H,18,20)(H,19,21). The fourth-order valence-corrected chi connectivity index (χ4v) is 2.25. The van der Waals surface area contributed by atoms with Crippen LogP contribution in [0, 0.1) is 10.6 Å². The van der Waals surface area contributed by atoms with Crippen molar-refractivity contribution in [2.75, 3.05) is 10.6 Å². The van der Waals surface area contributed by atoms with E-state index in [2.05, 4.69) is 15.6 Å². The van der Waals surface area contributed by atoms with Crippen LogP contribution in [0.15, 0.2) is 42.6 Å². The minimum absolute atomic E-state index is 0.0624. The highest BCUT2D eigenvalue weighted by Crippen LogP contribution is 2.30. The number of hydrogen-bond acceptors (Lipinski definition) is 3. The Morgan fingerprint density at radius 2 is 1.68 bits per heavy atom. The molecule has 2 amide bonds. The molecule has 3 N–H and O–H groups in total. The molecule has 1 fully saturated rings. The maximum atomic E-state index is 12.1. The number of aromatic nitrogens is 1. The Balaban J connectivity index is 1.65. The van der Waals surface area contributed by atoms with Crippen molar-refractivity contribution in [1.29, 1.82) is 0 Å². The lowest BCUT2D eigenvalue weighted by molar-refractivity contribution is -0.117. The van der Waals surface area contributed by atoms with Gasteiger partial charge < -0.3 is 15.6 Å². The van der Waals surface area contributed by atoms with Crippen molar-refractivity contribution in [3.63, 3.8) is 0 Å². The highest BCUT2D eigenvalue weighted by molar-refractivity contribution is 7.71. The maximum Gasteiger partial charge on any atom is 0.258 e. The third kappa shape index (κ3) is 3.40. The van der Waals surface area contributed by atoms with Gasteiger partial charge in [-0.3, -0.25) is 9.59 Å². The first-order chi connectivity index (χ1) is 10.6. The van der Waals surface area contributed by atoms with Crippen LogP contribution in [0.4, 0.5) is 11.4 Å². The topological polar surface area (TPSA) is 74.0 Å². The quantitative estimate of drug-likeness (QED) is 0.758. The average molecular weight is 313 g/mol. The Morgan fingerprint density at radius 3 is 2.27 bits per heavy atom. The number of anilines is 2. The second-order valence-electron chi connectivity index (χ2n) is 5.21. The summed E-state index contributed by atoms with van der Waals surface area (Å²) in [6.07, 6.45) is 3.62. The molecule has 22 heavy (non-hydrogen) atoms. The van der Waals surface area contributed by atoms with Crippen LogP contribution in [0.3, 0.4) is 0 Å². The lowest BCUT2D eigenvalue weighted by Gasteiger charge is -2.07. The molecule has 112 valence electrons. The van der Waals surface area contributed by atoms with Gasteiger partial charge in [0.1, 0.15) is 4.64 Å². The van der Waals surface area contributed by atoms with Gasteiger partial charge in [-0.05, 0) is 49.2 Å². The Labute approximate surface area is 132 Å². The molecule has 1 aliphatic rings. The number of H-pyrrole nitrogens is 1. The fraction of sp³-hybridized carbons (Fsp3) is 0.188. The van der Waals surface area contributed by atoms with Gasteiger partial charge in [0.05, 0.1) is 5.56 Å². The lowest BCUT2D eigenvalue weighted by atomic mass is 10.2. The van der Waals surface area contributed by atoms with E-state index in [-0.39, 0.29) is 17.7 Å². The Kier molecular flexibility index (Phi) is 4.02. The van der Waals surface area contributed by atoms with Crippen molar-refractivity contribution in [1.82, 2.24) is 4.98 Å². The van der Waals surface area contributed by atoms with Crippen LogP contribution in [-0.4, -0.2) is 16.8 Å². The van der Waals surface area contributed by atoms with Crippen molar-refractivity contribution in [3.8, 4) is 0 Å². The summed E-state index contributed by atoms with van der Waals surface area (Å²) in [5.74, 6) is -0.0387. The smallest absolute Gasteiger partial charge is 0.258 e. The molecule has 1 aliphatic carbocycles. The molecule has 0 atom stereocenters. The van der Waals surface area contributed by atoms with Crippen molar-refractivity contribution in [2.24, 2.45) is 5.92 Å². The van der Waals surface area contributed by atoms with Crippen molar-refractivity contribution >= 4 is 35.4 Å². The van der Waals surface area contributed by atoms with Crippen molar-refractivity contribution in [2.45, 2.75) is 12.8 Å². The van der Waals surface area contributed by atoms with Gasteiger partial charge in [-0.1, -0.05) is 12.2 Å². The van der Waals surface area contributed by atoms with E-state index in [9.17, 15) is 9.59 Å². The third-order valence-corrected chi connectivity index (χ3v) is 3.76. The molecule has 0 aliphatic heterocycles. The second kappa shape index (κ2) is 6.11. The molecule has 1 aromatic heterocycles. The summed E-state index contributed by atoms with van der Waals surface area (Å²) >= 11 is 5.08. The van der Waals surface area contributed by atoms with Gasteiger partial charge in [-0.25, -0.2) is 0 Å². The van der Waals surface area contributed by atoms with E-state index in [0.717, 1.165) is 18.5 Å². The molecule has 2 aromatic rings. The predicted octanol–water partition coefficient (Wildman–Crippen LogP) is 3.34. The SMILES string of the molecule is O=C(Nc1ccc(NC(=O)C2CC2)cc1)c1ccc[nH]c1=S. The maximum absolute atomic E-state index is 12.1.